The molecule has 2 rings (SSSR count). The molecule has 0 fully saturated rings. The normalized spacial score (nSPS) is 12.2. The van der Waals surface area contributed by atoms with Crippen molar-refractivity contribution in [2.24, 2.45) is 0 Å². The van der Waals surface area contributed by atoms with Crippen molar-refractivity contribution >= 4 is 22.6 Å². The van der Waals surface area contributed by atoms with Gasteiger partial charge >= 0.3 is 5.97 Å². The Morgan fingerprint density at radius 3 is 2.80 bits per heavy atom. The van der Waals surface area contributed by atoms with Gasteiger partial charge in [0.05, 0.1) is 22.1 Å². The van der Waals surface area contributed by atoms with Gasteiger partial charge in [-0.2, -0.15) is 0 Å². The second-order valence-electron chi connectivity index (χ2n) is 4.40. The zero-order valence-corrected chi connectivity index (χ0v) is 10.8. The summed E-state index contributed by atoms with van der Waals surface area (Å²) in [5.74, 6) is -1.77. The lowest BCUT2D eigenvalue weighted by molar-refractivity contribution is -0.384. The molecule has 0 bridgehead atoms. The molecular formula is C13H13N3O4. The van der Waals surface area contributed by atoms with Gasteiger partial charge in [-0.05, 0) is 12.5 Å². The van der Waals surface area contributed by atoms with Crippen LogP contribution in [0.5, 0.6) is 0 Å². The number of fused-ring (bicyclic) bond motifs is 1. The lowest BCUT2D eigenvalue weighted by atomic mass is 9.96. The minimum Gasteiger partial charge on any atom is -0.481 e. The third kappa shape index (κ3) is 2.56. The number of hydrogen-bond donors (Lipinski definition) is 1. The van der Waals surface area contributed by atoms with E-state index in [-0.39, 0.29) is 5.69 Å². The fourth-order valence-corrected chi connectivity index (χ4v) is 2.12. The number of benzene rings is 1. The van der Waals surface area contributed by atoms with Crippen molar-refractivity contribution in [3.05, 3.63) is 40.3 Å². The molecule has 0 spiro atoms. The minimum atomic E-state index is -0.988. The van der Waals surface area contributed by atoms with Crippen LogP contribution in [0.15, 0.2) is 24.5 Å². The van der Waals surface area contributed by atoms with Crippen LogP contribution >= 0.6 is 0 Å². The SMILES string of the molecule is CCCC(C(=O)O)c1ncnc2ccc([N+](=O)[O-])cc12. The zero-order chi connectivity index (χ0) is 14.7. The molecule has 0 aliphatic rings. The molecule has 1 aromatic heterocycles. The van der Waals surface area contributed by atoms with Crippen LogP contribution in [-0.4, -0.2) is 26.0 Å². The van der Waals surface area contributed by atoms with Crippen LogP contribution in [0, 0.1) is 10.1 Å². The Morgan fingerprint density at radius 2 is 2.20 bits per heavy atom. The Hall–Kier alpha value is -2.57. The van der Waals surface area contributed by atoms with E-state index in [2.05, 4.69) is 9.97 Å². The van der Waals surface area contributed by atoms with Crippen molar-refractivity contribution < 1.29 is 14.8 Å². The molecule has 20 heavy (non-hydrogen) atoms. The molecule has 7 heteroatoms. The predicted octanol–water partition coefficient (Wildman–Crippen LogP) is 2.51. The monoisotopic (exact) mass is 275 g/mol. The minimum absolute atomic E-state index is 0.103. The number of nitro groups is 1. The van der Waals surface area contributed by atoms with Crippen LogP contribution in [-0.2, 0) is 4.79 Å². The van der Waals surface area contributed by atoms with Gasteiger partial charge in [0, 0.05) is 17.5 Å². The molecule has 1 atom stereocenters. The maximum atomic E-state index is 11.4. The van der Waals surface area contributed by atoms with E-state index in [4.69, 9.17) is 0 Å². The molecule has 1 unspecified atom stereocenters. The van der Waals surface area contributed by atoms with Crippen molar-refractivity contribution in [3.8, 4) is 0 Å². The first-order chi connectivity index (χ1) is 9.54. The summed E-state index contributed by atoms with van der Waals surface area (Å²) in [6.45, 7) is 1.88. The van der Waals surface area contributed by atoms with E-state index in [0.717, 1.165) is 0 Å². The fraction of sp³-hybridized carbons (Fsp3) is 0.308. The summed E-state index contributed by atoms with van der Waals surface area (Å²) < 4.78 is 0. The Kier molecular flexibility index (Phi) is 3.88. The molecule has 2 aromatic rings. The van der Waals surface area contributed by atoms with Crippen molar-refractivity contribution in [2.75, 3.05) is 0 Å². The molecule has 1 aromatic carbocycles. The number of carbonyl (C=O) groups is 1. The van der Waals surface area contributed by atoms with Crippen LogP contribution in [0.4, 0.5) is 5.69 Å². The molecule has 104 valence electrons. The van der Waals surface area contributed by atoms with Crippen molar-refractivity contribution in [1.29, 1.82) is 0 Å². The van der Waals surface area contributed by atoms with E-state index in [9.17, 15) is 20.0 Å². The van der Waals surface area contributed by atoms with Gasteiger partial charge in [0.2, 0.25) is 0 Å². The first-order valence-corrected chi connectivity index (χ1v) is 6.16. The van der Waals surface area contributed by atoms with Crippen LogP contribution in [0.2, 0.25) is 0 Å². The van der Waals surface area contributed by atoms with E-state index >= 15 is 0 Å². The highest BCUT2D eigenvalue weighted by atomic mass is 16.6. The van der Waals surface area contributed by atoms with Gasteiger partial charge in [-0.25, -0.2) is 9.97 Å². The van der Waals surface area contributed by atoms with Gasteiger partial charge in [-0.3, -0.25) is 14.9 Å². The number of nitro benzene ring substituents is 1. The van der Waals surface area contributed by atoms with Gasteiger partial charge in [-0.15, -0.1) is 0 Å². The maximum absolute atomic E-state index is 11.4. The highest BCUT2D eigenvalue weighted by Gasteiger charge is 2.23. The average molecular weight is 275 g/mol. The van der Waals surface area contributed by atoms with E-state index in [1.807, 2.05) is 6.92 Å². The highest BCUT2D eigenvalue weighted by molar-refractivity contribution is 5.88. The molecule has 0 radical (unpaired) electrons. The van der Waals surface area contributed by atoms with Crippen molar-refractivity contribution in [1.82, 2.24) is 9.97 Å². The molecule has 0 aliphatic heterocycles. The molecule has 0 aliphatic carbocycles. The topological polar surface area (TPSA) is 106 Å². The Balaban J connectivity index is 2.64. The summed E-state index contributed by atoms with van der Waals surface area (Å²) >= 11 is 0. The Morgan fingerprint density at radius 1 is 1.45 bits per heavy atom. The second-order valence-corrected chi connectivity index (χ2v) is 4.40. The summed E-state index contributed by atoms with van der Waals surface area (Å²) in [6.07, 6.45) is 2.39. The molecule has 0 amide bonds. The molecule has 0 saturated carbocycles. The van der Waals surface area contributed by atoms with E-state index < -0.39 is 16.8 Å². The third-order valence-corrected chi connectivity index (χ3v) is 3.07. The number of non-ortho nitro benzene ring substituents is 1. The lowest BCUT2D eigenvalue weighted by Crippen LogP contribution is -2.13. The molecule has 1 N–H and O–H groups in total. The number of nitrogens with zero attached hydrogens (tertiary/aromatic N) is 3. The predicted molar refractivity (Wildman–Crippen MR) is 71.5 cm³/mol. The summed E-state index contributed by atoms with van der Waals surface area (Å²) in [6, 6.07) is 4.18. The third-order valence-electron chi connectivity index (χ3n) is 3.07. The summed E-state index contributed by atoms with van der Waals surface area (Å²) in [5.41, 5.74) is 0.727. The van der Waals surface area contributed by atoms with Crippen LogP contribution in [0.25, 0.3) is 10.9 Å². The lowest BCUT2D eigenvalue weighted by Gasteiger charge is -2.12. The second kappa shape index (κ2) is 5.60. The number of carboxylic acid groups (broad SMARTS) is 1. The first-order valence-electron chi connectivity index (χ1n) is 6.16. The largest absolute Gasteiger partial charge is 0.481 e. The van der Waals surface area contributed by atoms with Gasteiger partial charge in [0.1, 0.15) is 6.33 Å². The zero-order valence-electron chi connectivity index (χ0n) is 10.8. The Bertz CT molecular complexity index is 672. The van der Waals surface area contributed by atoms with Gasteiger partial charge in [0.25, 0.3) is 5.69 Å². The van der Waals surface area contributed by atoms with Crippen LogP contribution < -0.4 is 0 Å². The molecule has 0 saturated heterocycles. The van der Waals surface area contributed by atoms with Crippen LogP contribution in [0.1, 0.15) is 31.4 Å². The standard InChI is InChI=1S/C13H13N3O4/c1-2-3-9(13(17)18)12-10-6-8(16(19)20)4-5-11(10)14-7-15-12/h4-7,9H,2-3H2,1H3,(H,17,18). The number of rotatable bonds is 5. The van der Waals surface area contributed by atoms with E-state index in [0.29, 0.717) is 29.4 Å². The molecular weight excluding hydrogens is 262 g/mol. The quantitative estimate of drug-likeness (QED) is 0.663. The summed E-state index contributed by atoms with van der Waals surface area (Å²) in [5, 5.41) is 20.6. The van der Waals surface area contributed by atoms with Crippen molar-refractivity contribution in [2.45, 2.75) is 25.7 Å². The first kappa shape index (κ1) is 13.9. The number of aromatic nitrogens is 2. The Labute approximate surface area is 114 Å². The molecule has 7 nitrogen and oxygen atoms in total. The fourth-order valence-electron chi connectivity index (χ4n) is 2.12. The number of carboxylic acids is 1. The van der Waals surface area contributed by atoms with Gasteiger partial charge < -0.3 is 5.11 Å². The van der Waals surface area contributed by atoms with E-state index in [1.54, 1.807) is 0 Å². The average Bonchev–Trinajstić information content (AvgIpc) is 2.43. The maximum Gasteiger partial charge on any atom is 0.312 e. The number of hydrogen-bond acceptors (Lipinski definition) is 5. The van der Waals surface area contributed by atoms with Gasteiger partial charge in [-0.1, -0.05) is 13.3 Å². The highest BCUT2D eigenvalue weighted by Crippen LogP contribution is 2.28. The van der Waals surface area contributed by atoms with E-state index in [1.165, 1.54) is 24.5 Å². The number of aliphatic carboxylic acids is 1. The molecule has 1 heterocycles. The summed E-state index contributed by atoms with van der Waals surface area (Å²) in [7, 11) is 0. The van der Waals surface area contributed by atoms with Gasteiger partial charge in [0.15, 0.2) is 0 Å². The summed E-state index contributed by atoms with van der Waals surface area (Å²) in [4.78, 5) is 29.7. The van der Waals surface area contributed by atoms with Crippen molar-refractivity contribution in [3.63, 3.8) is 0 Å². The smallest absolute Gasteiger partial charge is 0.312 e. The van der Waals surface area contributed by atoms with Crippen LogP contribution in [0.3, 0.4) is 0 Å².